The molecule has 0 bridgehead atoms. The van der Waals surface area contributed by atoms with Crippen LogP contribution in [0, 0.1) is 0 Å². The minimum absolute atomic E-state index is 0.414. The summed E-state index contributed by atoms with van der Waals surface area (Å²) in [6, 6.07) is 1.87. The van der Waals surface area contributed by atoms with Crippen LogP contribution in [0.4, 0.5) is 13.2 Å². The highest BCUT2D eigenvalue weighted by atomic mass is 19.4. The maximum atomic E-state index is 12.6. The summed E-state index contributed by atoms with van der Waals surface area (Å²) in [5, 5.41) is 3.29. The largest absolute Gasteiger partial charge is 0.389 e. The zero-order valence-electron chi connectivity index (χ0n) is 9.93. The number of allylic oxidation sites excluding steroid dienone is 1. The van der Waals surface area contributed by atoms with E-state index in [1.165, 1.54) is 0 Å². The molecule has 0 fully saturated rings. The Morgan fingerprint density at radius 3 is 3.00 bits per heavy atom. The van der Waals surface area contributed by atoms with Crippen molar-refractivity contribution in [3.05, 3.63) is 29.6 Å². The highest BCUT2D eigenvalue weighted by molar-refractivity contribution is 5.70. The van der Waals surface area contributed by atoms with Crippen LogP contribution in [-0.4, -0.2) is 23.8 Å². The third-order valence-corrected chi connectivity index (χ3v) is 3.71. The third-order valence-electron chi connectivity index (χ3n) is 3.71. The molecule has 18 heavy (non-hydrogen) atoms. The Balaban J connectivity index is 1.97. The molecule has 0 aromatic carbocycles. The van der Waals surface area contributed by atoms with Crippen LogP contribution >= 0.6 is 0 Å². The molecule has 2 nitrogen and oxygen atoms in total. The number of hydrogen-bond acceptors (Lipinski definition) is 1. The molecule has 0 spiro atoms. The molecule has 1 N–H and O–H groups in total. The lowest BCUT2D eigenvalue weighted by molar-refractivity contribution is -0.138. The maximum absolute atomic E-state index is 12.6. The van der Waals surface area contributed by atoms with Crippen molar-refractivity contribution in [2.45, 2.75) is 31.5 Å². The summed E-state index contributed by atoms with van der Waals surface area (Å²) in [6.07, 6.45) is -0.434. The summed E-state index contributed by atoms with van der Waals surface area (Å²) in [4.78, 5) is 0. The van der Waals surface area contributed by atoms with E-state index >= 15 is 0 Å². The molecular weight excluding hydrogens is 241 g/mol. The predicted octanol–water partition coefficient (Wildman–Crippen LogP) is 2.91. The lowest BCUT2D eigenvalue weighted by atomic mass is 9.85. The predicted molar refractivity (Wildman–Crippen MR) is 63.3 cm³/mol. The number of nitrogens with one attached hydrogen (secondary N) is 1. The van der Waals surface area contributed by atoms with Crippen molar-refractivity contribution in [3.8, 4) is 0 Å². The number of alkyl halides is 3. The Kier molecular flexibility index (Phi) is 2.73. The molecule has 1 aromatic rings. The van der Waals surface area contributed by atoms with Crippen molar-refractivity contribution in [3.63, 3.8) is 0 Å². The van der Waals surface area contributed by atoms with Gasteiger partial charge in [-0.25, -0.2) is 0 Å². The van der Waals surface area contributed by atoms with E-state index < -0.39 is 18.5 Å². The van der Waals surface area contributed by atoms with Crippen molar-refractivity contribution >= 4 is 5.57 Å². The van der Waals surface area contributed by atoms with Gasteiger partial charge in [-0.2, -0.15) is 13.2 Å². The van der Waals surface area contributed by atoms with Crippen LogP contribution in [0.15, 0.2) is 18.3 Å². The van der Waals surface area contributed by atoms with Gasteiger partial charge in [0.25, 0.3) is 0 Å². The molecule has 0 amide bonds. The molecule has 1 atom stereocenters. The van der Waals surface area contributed by atoms with E-state index in [0.717, 1.165) is 36.5 Å². The lowest BCUT2D eigenvalue weighted by Crippen LogP contribution is -2.19. The van der Waals surface area contributed by atoms with Crippen molar-refractivity contribution in [2.75, 3.05) is 13.1 Å². The molecule has 5 heteroatoms. The highest BCUT2D eigenvalue weighted by Gasteiger charge is 2.35. The van der Waals surface area contributed by atoms with Gasteiger partial charge in [0.2, 0.25) is 0 Å². The SMILES string of the molecule is FC(F)(F)CC1CC=C2CNCCn3ccc1c32. The zero-order valence-corrected chi connectivity index (χ0v) is 9.93. The molecule has 1 unspecified atom stereocenters. The van der Waals surface area contributed by atoms with Gasteiger partial charge >= 0.3 is 6.18 Å². The molecule has 2 heterocycles. The molecular formula is C13H15F3N2. The minimum atomic E-state index is -4.09. The smallest absolute Gasteiger partial charge is 0.346 e. The Labute approximate surface area is 103 Å². The fraction of sp³-hybridized carbons (Fsp3) is 0.538. The summed E-state index contributed by atoms with van der Waals surface area (Å²) < 4.78 is 39.8. The first kappa shape index (κ1) is 11.8. The van der Waals surface area contributed by atoms with Crippen molar-refractivity contribution in [1.29, 1.82) is 0 Å². The third kappa shape index (κ3) is 2.07. The Hall–Kier alpha value is -1.23. The molecule has 1 aromatic heterocycles. The molecule has 0 saturated heterocycles. The van der Waals surface area contributed by atoms with Gasteiger partial charge in [-0.05, 0) is 29.5 Å². The van der Waals surface area contributed by atoms with E-state index in [9.17, 15) is 13.2 Å². The molecule has 1 aliphatic carbocycles. The van der Waals surface area contributed by atoms with E-state index in [2.05, 4.69) is 9.88 Å². The monoisotopic (exact) mass is 256 g/mol. The molecule has 2 aliphatic rings. The standard InChI is InChI=1S/C13H15F3N2/c14-13(15,16)7-9-1-2-10-8-17-4-6-18-5-3-11(9)12(10)18/h2-3,5,9,17H,1,4,6-8H2. The van der Waals surface area contributed by atoms with E-state index in [0.29, 0.717) is 6.42 Å². The normalized spacial score (nSPS) is 23.3. The highest BCUT2D eigenvalue weighted by Crippen LogP contribution is 2.41. The van der Waals surface area contributed by atoms with E-state index in [4.69, 9.17) is 0 Å². The van der Waals surface area contributed by atoms with Crippen LogP contribution in [-0.2, 0) is 6.54 Å². The fourth-order valence-corrected chi connectivity index (χ4v) is 2.93. The number of aromatic nitrogens is 1. The van der Waals surface area contributed by atoms with Crippen LogP contribution in [0.2, 0.25) is 0 Å². The van der Waals surface area contributed by atoms with Gasteiger partial charge in [0.05, 0.1) is 6.42 Å². The summed E-state index contributed by atoms with van der Waals surface area (Å²) in [5.41, 5.74) is 3.03. The van der Waals surface area contributed by atoms with Gasteiger partial charge in [-0.3, -0.25) is 0 Å². The second kappa shape index (κ2) is 4.16. The van der Waals surface area contributed by atoms with E-state index in [-0.39, 0.29) is 0 Å². The fourth-order valence-electron chi connectivity index (χ4n) is 2.93. The van der Waals surface area contributed by atoms with Gasteiger partial charge in [0.1, 0.15) is 0 Å². The van der Waals surface area contributed by atoms with Gasteiger partial charge in [0, 0.05) is 31.5 Å². The van der Waals surface area contributed by atoms with Crippen molar-refractivity contribution in [2.24, 2.45) is 0 Å². The number of rotatable bonds is 1. The Morgan fingerprint density at radius 1 is 1.39 bits per heavy atom. The summed E-state index contributed by atoms with van der Waals surface area (Å²) in [5.74, 6) is -0.414. The topological polar surface area (TPSA) is 17.0 Å². The molecule has 1 aliphatic heterocycles. The van der Waals surface area contributed by atoms with Crippen LogP contribution < -0.4 is 5.32 Å². The second-order valence-electron chi connectivity index (χ2n) is 4.97. The number of hydrogen-bond donors (Lipinski definition) is 1. The first-order chi connectivity index (χ1) is 8.54. The van der Waals surface area contributed by atoms with Crippen molar-refractivity contribution < 1.29 is 13.2 Å². The summed E-state index contributed by atoms with van der Waals surface area (Å²) in [6.45, 7) is 2.45. The minimum Gasteiger partial charge on any atom is -0.346 e. The van der Waals surface area contributed by atoms with Gasteiger partial charge in [-0.1, -0.05) is 6.08 Å². The van der Waals surface area contributed by atoms with Crippen LogP contribution in [0.1, 0.15) is 30.0 Å². The zero-order chi connectivity index (χ0) is 12.8. The van der Waals surface area contributed by atoms with Crippen LogP contribution in [0.3, 0.4) is 0 Å². The van der Waals surface area contributed by atoms with Crippen LogP contribution in [0.25, 0.3) is 5.57 Å². The average molecular weight is 256 g/mol. The Morgan fingerprint density at radius 2 is 2.22 bits per heavy atom. The Bertz CT molecular complexity index is 485. The van der Waals surface area contributed by atoms with E-state index in [1.54, 1.807) is 0 Å². The second-order valence-corrected chi connectivity index (χ2v) is 4.97. The average Bonchev–Trinajstić information content (AvgIpc) is 2.59. The number of nitrogens with zero attached hydrogens (tertiary/aromatic N) is 1. The lowest BCUT2D eigenvalue weighted by Gasteiger charge is -2.24. The number of halogens is 3. The molecule has 98 valence electrons. The van der Waals surface area contributed by atoms with Crippen molar-refractivity contribution in [1.82, 2.24) is 9.88 Å². The summed E-state index contributed by atoms with van der Waals surface area (Å²) >= 11 is 0. The van der Waals surface area contributed by atoms with Gasteiger partial charge in [0.15, 0.2) is 0 Å². The summed E-state index contributed by atoms with van der Waals surface area (Å²) in [7, 11) is 0. The molecule has 3 rings (SSSR count). The first-order valence-corrected chi connectivity index (χ1v) is 6.20. The first-order valence-electron chi connectivity index (χ1n) is 6.20. The quantitative estimate of drug-likeness (QED) is 0.817. The van der Waals surface area contributed by atoms with Gasteiger partial charge < -0.3 is 9.88 Å². The van der Waals surface area contributed by atoms with Crippen LogP contribution in [0.5, 0.6) is 0 Å². The van der Waals surface area contributed by atoms with Gasteiger partial charge in [-0.15, -0.1) is 0 Å². The molecule has 0 radical (unpaired) electrons. The maximum Gasteiger partial charge on any atom is 0.389 e. The molecule has 0 saturated carbocycles. The van der Waals surface area contributed by atoms with E-state index in [1.807, 2.05) is 18.3 Å².